The van der Waals surface area contributed by atoms with Gasteiger partial charge in [-0.25, -0.2) is 22.2 Å². The molecule has 1 fully saturated rings. The van der Waals surface area contributed by atoms with Gasteiger partial charge in [0.2, 0.25) is 20.1 Å². The summed E-state index contributed by atoms with van der Waals surface area (Å²) in [6.07, 6.45) is -1.67. The summed E-state index contributed by atoms with van der Waals surface area (Å²) in [4.78, 5) is 4.91. The van der Waals surface area contributed by atoms with Gasteiger partial charge in [0.05, 0.1) is 17.6 Å². The minimum atomic E-state index is -4.76. The molecule has 8 nitrogen and oxygen atoms in total. The number of alkyl halides is 3. The number of ether oxygens (including phenoxy) is 1. The summed E-state index contributed by atoms with van der Waals surface area (Å²) in [7, 11) is -3.15. The second-order valence-corrected chi connectivity index (χ2v) is 10.7. The van der Waals surface area contributed by atoms with E-state index >= 15 is 0 Å². The van der Waals surface area contributed by atoms with E-state index in [0.29, 0.717) is 46.9 Å². The zero-order valence-electron chi connectivity index (χ0n) is 17.2. The maximum atomic E-state index is 12.5. The van der Waals surface area contributed by atoms with Crippen molar-refractivity contribution >= 4 is 31.5 Å². The summed E-state index contributed by atoms with van der Waals surface area (Å²) >= 11 is 1.34. The number of halogens is 3. The molecule has 2 aromatic heterocycles. The van der Waals surface area contributed by atoms with Crippen molar-refractivity contribution in [3.63, 3.8) is 0 Å². The number of imidazole rings is 1. The number of nitrogens with zero attached hydrogens (tertiary/aromatic N) is 4. The van der Waals surface area contributed by atoms with Crippen LogP contribution in [0.5, 0.6) is 5.75 Å². The predicted molar refractivity (Wildman–Crippen MR) is 115 cm³/mol. The fraction of sp³-hybridized carbons (Fsp3) is 0.474. The molecule has 0 unspecified atom stereocenters. The van der Waals surface area contributed by atoms with Crippen LogP contribution in [0.4, 0.5) is 18.3 Å². The largest absolute Gasteiger partial charge is 0.573 e. The van der Waals surface area contributed by atoms with Gasteiger partial charge in [-0.05, 0) is 37.8 Å². The Bertz CT molecular complexity index is 1180. The summed E-state index contributed by atoms with van der Waals surface area (Å²) in [5, 5.41) is 8.42. The molecular formula is C19H22F3N5O3S2. The third kappa shape index (κ3) is 5.15. The summed E-state index contributed by atoms with van der Waals surface area (Å²) < 4.78 is 68.6. The molecule has 0 bridgehead atoms. The van der Waals surface area contributed by atoms with Crippen LogP contribution >= 0.6 is 11.3 Å². The summed E-state index contributed by atoms with van der Waals surface area (Å²) in [5.41, 5.74) is 1.05. The Morgan fingerprint density at radius 1 is 1.28 bits per heavy atom. The number of hydrogen-bond donors (Lipinski definition) is 1. The first-order valence-electron chi connectivity index (χ1n) is 10.1. The van der Waals surface area contributed by atoms with Crippen LogP contribution in [-0.4, -0.2) is 59.1 Å². The number of sulfonamides is 1. The maximum Gasteiger partial charge on any atom is 0.573 e. The van der Waals surface area contributed by atoms with Crippen LogP contribution in [0.15, 0.2) is 30.5 Å². The van der Waals surface area contributed by atoms with Gasteiger partial charge in [-0.15, -0.1) is 18.3 Å². The van der Waals surface area contributed by atoms with Gasteiger partial charge in [-0.1, -0.05) is 23.5 Å². The van der Waals surface area contributed by atoms with Crippen LogP contribution in [0.3, 0.4) is 0 Å². The van der Waals surface area contributed by atoms with E-state index in [2.05, 4.69) is 20.1 Å². The quantitative estimate of drug-likeness (QED) is 0.543. The topological polar surface area (TPSA) is 88.8 Å². The molecule has 0 saturated carbocycles. The smallest absolute Gasteiger partial charge is 0.406 e. The summed E-state index contributed by atoms with van der Waals surface area (Å²) in [6.45, 7) is 3.34. The van der Waals surface area contributed by atoms with Gasteiger partial charge in [0.1, 0.15) is 5.75 Å². The van der Waals surface area contributed by atoms with Crippen LogP contribution in [0.2, 0.25) is 0 Å². The van der Waals surface area contributed by atoms with Gasteiger partial charge in [-0.2, -0.15) is 0 Å². The van der Waals surface area contributed by atoms with Crippen molar-refractivity contribution in [3.8, 4) is 17.0 Å². The Labute approximate surface area is 187 Å². The van der Waals surface area contributed by atoms with Crippen LogP contribution < -0.4 is 10.1 Å². The van der Waals surface area contributed by atoms with Crippen molar-refractivity contribution in [3.05, 3.63) is 30.5 Å². The van der Waals surface area contributed by atoms with Gasteiger partial charge in [0.15, 0.2) is 0 Å². The number of aromatic nitrogens is 3. The van der Waals surface area contributed by atoms with E-state index in [0.717, 1.165) is 12.8 Å². The first-order valence-corrected chi connectivity index (χ1v) is 12.5. The van der Waals surface area contributed by atoms with E-state index in [-0.39, 0.29) is 11.5 Å². The molecule has 0 aliphatic carbocycles. The molecule has 3 aromatic rings. The van der Waals surface area contributed by atoms with Gasteiger partial charge in [-0.3, -0.25) is 0 Å². The third-order valence-corrected chi connectivity index (χ3v) is 8.08. The Balaban J connectivity index is 1.42. The highest BCUT2D eigenvalue weighted by Gasteiger charge is 2.31. The highest BCUT2D eigenvalue weighted by molar-refractivity contribution is 7.89. The summed E-state index contributed by atoms with van der Waals surface area (Å²) in [5.74, 6) is 0.128. The number of nitrogens with one attached hydrogen (secondary N) is 1. The van der Waals surface area contributed by atoms with Crippen LogP contribution in [0.1, 0.15) is 19.8 Å². The molecule has 1 aliphatic heterocycles. The number of anilines is 1. The van der Waals surface area contributed by atoms with E-state index in [1.165, 1.54) is 29.5 Å². The van der Waals surface area contributed by atoms with E-state index in [4.69, 9.17) is 0 Å². The SMILES string of the molecule is CCS(=O)(=O)N1CCC(CNc2nn3c(-c4cccc(OC(F)(F)F)c4)cnc3s2)CC1. The number of rotatable bonds is 7. The van der Waals surface area contributed by atoms with Crippen LogP contribution in [0, 0.1) is 5.92 Å². The standard InChI is InChI=1S/C19H22F3N5O3S2/c1-2-32(28,29)26-8-6-13(7-9-26)11-23-17-25-27-16(12-24-18(27)31-17)14-4-3-5-15(10-14)30-19(20,21)22/h3-5,10,12-13H,2,6-9,11H2,1H3,(H,23,25). The minimum Gasteiger partial charge on any atom is -0.406 e. The molecule has 174 valence electrons. The predicted octanol–water partition coefficient (Wildman–Crippen LogP) is 3.83. The van der Waals surface area contributed by atoms with Gasteiger partial charge in [0.25, 0.3) is 0 Å². The molecular weight excluding hydrogens is 467 g/mol. The van der Waals surface area contributed by atoms with E-state index in [9.17, 15) is 21.6 Å². The average Bonchev–Trinajstić information content (AvgIpc) is 3.32. The lowest BCUT2D eigenvalue weighted by Gasteiger charge is -2.30. The van der Waals surface area contributed by atoms with Gasteiger partial charge >= 0.3 is 6.36 Å². The molecule has 1 aromatic carbocycles. The van der Waals surface area contributed by atoms with E-state index in [1.807, 2.05) is 0 Å². The maximum absolute atomic E-state index is 12.5. The lowest BCUT2D eigenvalue weighted by atomic mass is 9.98. The molecule has 0 atom stereocenters. The molecule has 1 aliphatic rings. The number of piperidine rings is 1. The Morgan fingerprint density at radius 3 is 2.72 bits per heavy atom. The Kier molecular flexibility index (Phi) is 6.32. The van der Waals surface area contributed by atoms with Crippen molar-refractivity contribution in [1.82, 2.24) is 18.9 Å². The second kappa shape index (κ2) is 8.87. The lowest BCUT2D eigenvalue weighted by molar-refractivity contribution is -0.274. The van der Waals surface area contributed by atoms with Gasteiger partial charge < -0.3 is 10.1 Å². The van der Waals surface area contributed by atoms with Crippen molar-refractivity contribution < 1.29 is 26.3 Å². The van der Waals surface area contributed by atoms with E-state index < -0.39 is 16.4 Å². The molecule has 1 saturated heterocycles. The molecule has 32 heavy (non-hydrogen) atoms. The highest BCUT2D eigenvalue weighted by Crippen LogP contribution is 2.30. The van der Waals surface area contributed by atoms with Crippen molar-refractivity contribution in [2.45, 2.75) is 26.1 Å². The molecule has 0 spiro atoms. The molecule has 0 radical (unpaired) electrons. The minimum absolute atomic E-state index is 0.113. The number of hydrogen-bond acceptors (Lipinski definition) is 7. The lowest BCUT2D eigenvalue weighted by Crippen LogP contribution is -2.40. The second-order valence-electron chi connectivity index (χ2n) is 7.44. The number of fused-ring (bicyclic) bond motifs is 1. The normalized spacial score (nSPS) is 16.5. The van der Waals surface area contributed by atoms with Crippen LogP contribution in [-0.2, 0) is 10.0 Å². The third-order valence-electron chi connectivity index (χ3n) is 5.32. The fourth-order valence-electron chi connectivity index (χ4n) is 3.62. The average molecular weight is 490 g/mol. The van der Waals surface area contributed by atoms with Crippen LogP contribution in [0.25, 0.3) is 16.2 Å². The van der Waals surface area contributed by atoms with Crippen molar-refractivity contribution in [2.75, 3.05) is 30.7 Å². The monoisotopic (exact) mass is 489 g/mol. The zero-order valence-corrected chi connectivity index (χ0v) is 18.8. The molecule has 1 N–H and O–H groups in total. The van der Waals surface area contributed by atoms with E-state index in [1.54, 1.807) is 28.0 Å². The van der Waals surface area contributed by atoms with Gasteiger partial charge in [0, 0.05) is 25.2 Å². The molecule has 13 heteroatoms. The number of benzene rings is 1. The Hall–Kier alpha value is -2.38. The first-order chi connectivity index (χ1) is 15.1. The Morgan fingerprint density at radius 2 is 2.03 bits per heavy atom. The van der Waals surface area contributed by atoms with Crippen molar-refractivity contribution in [1.29, 1.82) is 0 Å². The first kappa shape index (κ1) is 22.8. The van der Waals surface area contributed by atoms with Crippen molar-refractivity contribution in [2.24, 2.45) is 5.92 Å². The fourth-order valence-corrected chi connectivity index (χ4v) is 5.53. The molecule has 4 rings (SSSR count). The zero-order chi connectivity index (χ0) is 22.9. The summed E-state index contributed by atoms with van der Waals surface area (Å²) in [6, 6.07) is 5.67. The molecule has 3 heterocycles. The molecule has 0 amide bonds. The highest BCUT2D eigenvalue weighted by atomic mass is 32.2.